The van der Waals surface area contributed by atoms with Crippen molar-refractivity contribution in [1.29, 1.82) is 0 Å². The van der Waals surface area contributed by atoms with E-state index >= 15 is 0 Å². The molecular weight excluding hydrogens is 384 g/mol. The van der Waals surface area contributed by atoms with Crippen LogP contribution in [0.2, 0.25) is 5.02 Å². The van der Waals surface area contributed by atoms with E-state index in [0.717, 1.165) is 5.39 Å². The molecule has 2 aromatic heterocycles. The molecule has 0 aliphatic heterocycles. The lowest BCUT2D eigenvalue weighted by atomic mass is 10.1. The summed E-state index contributed by atoms with van der Waals surface area (Å²) < 4.78 is 21.2. The molecule has 0 amide bonds. The number of fused-ring (bicyclic) bond motifs is 1. The Bertz CT molecular complexity index is 1000. The van der Waals surface area contributed by atoms with Gasteiger partial charge in [0.15, 0.2) is 0 Å². The Balaban J connectivity index is 2.19. The van der Waals surface area contributed by atoms with Gasteiger partial charge >= 0.3 is 0 Å². The van der Waals surface area contributed by atoms with Gasteiger partial charge in [0.1, 0.15) is 27.5 Å². The van der Waals surface area contributed by atoms with Crippen molar-refractivity contribution in [2.45, 2.75) is 25.5 Å². The molecule has 140 valence electrons. The fourth-order valence-electron chi connectivity index (χ4n) is 2.31. The first-order chi connectivity index (χ1) is 12.8. The molecule has 0 saturated heterocycles. The number of rotatable bonds is 4. The molecule has 27 heavy (non-hydrogen) atoms. The highest BCUT2D eigenvalue weighted by molar-refractivity contribution is 7.91. The normalized spacial score (nSPS) is 13.3. The molecule has 0 fully saturated rings. The quantitative estimate of drug-likeness (QED) is 0.481. The van der Waals surface area contributed by atoms with Crippen molar-refractivity contribution in [2.75, 3.05) is 7.11 Å². The topological polar surface area (TPSA) is 83.3 Å². The van der Waals surface area contributed by atoms with Crippen LogP contribution in [-0.4, -0.2) is 37.6 Å². The number of para-hydroxylation sites is 1. The van der Waals surface area contributed by atoms with Gasteiger partial charge in [-0.05, 0) is 32.9 Å². The predicted molar refractivity (Wildman–Crippen MR) is 110 cm³/mol. The molecule has 1 aromatic carbocycles. The molecule has 0 N–H and O–H groups in total. The van der Waals surface area contributed by atoms with Crippen molar-refractivity contribution in [3.63, 3.8) is 0 Å². The van der Waals surface area contributed by atoms with E-state index < -0.39 is 16.1 Å². The summed E-state index contributed by atoms with van der Waals surface area (Å²) in [5, 5.41) is 1.39. The van der Waals surface area contributed by atoms with Crippen LogP contribution in [0.1, 0.15) is 26.3 Å². The largest absolute Gasteiger partial charge is 0.591 e. The van der Waals surface area contributed by atoms with Gasteiger partial charge in [-0.2, -0.15) is 0 Å². The highest BCUT2D eigenvalue weighted by Crippen LogP contribution is 2.28. The first kappa shape index (κ1) is 19.5. The molecule has 0 bridgehead atoms. The number of pyridine rings is 1. The lowest BCUT2D eigenvalue weighted by Gasteiger charge is -2.18. The molecule has 2 heterocycles. The molecular formula is C19H19ClN4O2S. The van der Waals surface area contributed by atoms with Gasteiger partial charge in [-0.1, -0.05) is 28.1 Å². The maximum absolute atomic E-state index is 12.3. The van der Waals surface area contributed by atoms with E-state index in [4.69, 9.17) is 16.3 Å². The summed E-state index contributed by atoms with van der Waals surface area (Å²) in [5.41, 5.74) is 2.37. The van der Waals surface area contributed by atoms with E-state index in [9.17, 15) is 4.55 Å². The van der Waals surface area contributed by atoms with Crippen molar-refractivity contribution < 1.29 is 9.29 Å². The summed E-state index contributed by atoms with van der Waals surface area (Å²) in [6, 6.07) is 7.44. The summed E-state index contributed by atoms with van der Waals surface area (Å²) in [7, 11) is 1.52. The number of hydrogen-bond acceptors (Lipinski definition) is 6. The van der Waals surface area contributed by atoms with Crippen LogP contribution in [0.15, 0.2) is 41.1 Å². The molecule has 0 aliphatic rings. The first-order valence-corrected chi connectivity index (χ1v) is 9.70. The molecule has 8 heteroatoms. The van der Waals surface area contributed by atoms with Crippen molar-refractivity contribution in [3.05, 3.63) is 47.2 Å². The zero-order valence-corrected chi connectivity index (χ0v) is 17.0. The molecule has 0 saturated carbocycles. The molecule has 0 spiro atoms. The Labute approximate surface area is 166 Å². The summed E-state index contributed by atoms with van der Waals surface area (Å²) in [4.78, 5) is 13.2. The number of ether oxygens (including phenoxy) is 1. The van der Waals surface area contributed by atoms with E-state index in [1.54, 1.807) is 18.5 Å². The summed E-state index contributed by atoms with van der Waals surface area (Å²) in [5.74, 6) is 0.370. The third-order valence-corrected chi connectivity index (χ3v) is 5.35. The lowest BCUT2D eigenvalue weighted by molar-refractivity contribution is 0.396. The van der Waals surface area contributed by atoms with Crippen LogP contribution < -0.4 is 4.74 Å². The summed E-state index contributed by atoms with van der Waals surface area (Å²) in [6.45, 7) is 5.61. The SMILES string of the molecule is COc1cncc(-c2nc3c(Cl)cccc3cc2/C=N/[S+]([O-])C(C)(C)C)n1. The maximum atomic E-state index is 12.3. The van der Waals surface area contributed by atoms with Crippen LogP contribution >= 0.6 is 11.6 Å². The monoisotopic (exact) mass is 402 g/mol. The van der Waals surface area contributed by atoms with E-state index in [1.165, 1.54) is 13.3 Å². The van der Waals surface area contributed by atoms with E-state index in [-0.39, 0.29) is 0 Å². The Morgan fingerprint density at radius 1 is 1.22 bits per heavy atom. The number of aromatic nitrogens is 3. The molecule has 3 aromatic rings. The minimum Gasteiger partial charge on any atom is -0.591 e. The third-order valence-electron chi connectivity index (χ3n) is 3.70. The van der Waals surface area contributed by atoms with E-state index in [2.05, 4.69) is 19.3 Å². The second kappa shape index (κ2) is 7.80. The van der Waals surface area contributed by atoms with Crippen molar-refractivity contribution in [1.82, 2.24) is 15.0 Å². The highest BCUT2D eigenvalue weighted by Gasteiger charge is 2.26. The van der Waals surface area contributed by atoms with Gasteiger partial charge in [0.05, 0.1) is 36.3 Å². The second-order valence-electron chi connectivity index (χ2n) is 6.78. The number of benzene rings is 1. The highest BCUT2D eigenvalue weighted by atomic mass is 35.5. The molecule has 1 atom stereocenters. The zero-order chi connectivity index (χ0) is 19.6. The van der Waals surface area contributed by atoms with Crippen LogP contribution in [0.25, 0.3) is 22.3 Å². The Morgan fingerprint density at radius 2 is 2.00 bits per heavy atom. The molecule has 3 rings (SSSR count). The average molecular weight is 403 g/mol. The standard InChI is InChI=1S/C19H19ClN4O2S/c1-19(2,3)27(25)22-9-13-8-12-6-5-7-14(20)17(12)24-18(13)15-10-21-11-16(23-15)26-4/h5-11H,1-4H3/b22-9+. The van der Waals surface area contributed by atoms with E-state index in [0.29, 0.717) is 33.4 Å². The van der Waals surface area contributed by atoms with Gasteiger partial charge in [-0.25, -0.2) is 9.97 Å². The van der Waals surface area contributed by atoms with Gasteiger partial charge < -0.3 is 9.29 Å². The van der Waals surface area contributed by atoms with Gasteiger partial charge in [-0.15, -0.1) is 0 Å². The lowest BCUT2D eigenvalue weighted by Crippen LogP contribution is -2.25. The smallest absolute Gasteiger partial charge is 0.232 e. The predicted octanol–water partition coefficient (Wildman–Crippen LogP) is 4.23. The van der Waals surface area contributed by atoms with Crippen molar-refractivity contribution >= 4 is 40.1 Å². The number of nitrogens with zero attached hydrogens (tertiary/aromatic N) is 4. The molecule has 6 nitrogen and oxygen atoms in total. The van der Waals surface area contributed by atoms with Crippen LogP contribution in [-0.2, 0) is 11.4 Å². The Hall–Kier alpha value is -2.22. The minimum atomic E-state index is -1.39. The number of methoxy groups -OCH3 is 1. The third kappa shape index (κ3) is 4.37. The van der Waals surface area contributed by atoms with Gasteiger partial charge in [-0.3, -0.25) is 4.98 Å². The Kier molecular flexibility index (Phi) is 5.64. The van der Waals surface area contributed by atoms with Crippen LogP contribution in [0.5, 0.6) is 5.88 Å². The average Bonchev–Trinajstić information content (AvgIpc) is 2.65. The van der Waals surface area contributed by atoms with Gasteiger partial charge in [0.2, 0.25) is 5.88 Å². The van der Waals surface area contributed by atoms with Gasteiger partial charge in [0.25, 0.3) is 0 Å². The van der Waals surface area contributed by atoms with Crippen molar-refractivity contribution in [3.8, 4) is 17.3 Å². The second-order valence-corrected chi connectivity index (χ2v) is 9.12. The molecule has 0 radical (unpaired) electrons. The molecule has 0 aliphatic carbocycles. The Morgan fingerprint density at radius 3 is 2.70 bits per heavy atom. The van der Waals surface area contributed by atoms with Crippen LogP contribution in [0.3, 0.4) is 0 Å². The minimum absolute atomic E-state index is 0.370. The fraction of sp³-hybridized carbons (Fsp3) is 0.263. The van der Waals surface area contributed by atoms with E-state index in [1.807, 2.05) is 39.0 Å². The molecule has 1 unspecified atom stereocenters. The first-order valence-electron chi connectivity index (χ1n) is 8.21. The summed E-state index contributed by atoms with van der Waals surface area (Å²) >= 11 is 4.92. The van der Waals surface area contributed by atoms with Crippen LogP contribution in [0, 0.1) is 0 Å². The number of halogens is 1. The summed E-state index contributed by atoms with van der Waals surface area (Å²) in [6.07, 6.45) is 4.66. The van der Waals surface area contributed by atoms with Crippen LogP contribution in [0.4, 0.5) is 0 Å². The fourth-order valence-corrected chi connectivity index (χ4v) is 3.06. The van der Waals surface area contributed by atoms with Crippen molar-refractivity contribution in [2.24, 2.45) is 4.40 Å². The zero-order valence-electron chi connectivity index (χ0n) is 15.4. The maximum Gasteiger partial charge on any atom is 0.232 e. The number of hydrogen-bond donors (Lipinski definition) is 0. The van der Waals surface area contributed by atoms with Gasteiger partial charge in [0, 0.05) is 10.9 Å².